The highest BCUT2D eigenvalue weighted by molar-refractivity contribution is 4.73. The maximum Gasteiger partial charge on any atom is 0.392 e. The van der Waals surface area contributed by atoms with Crippen LogP contribution in [-0.2, 0) is 4.74 Å². The molecule has 1 unspecified atom stereocenters. The van der Waals surface area contributed by atoms with Crippen LogP contribution in [0.15, 0.2) is 0 Å². The zero-order valence-corrected chi connectivity index (χ0v) is 8.73. The molecular weight excluding hydrogens is 193 g/mol. The maximum absolute atomic E-state index is 11.7. The molecule has 0 aliphatic heterocycles. The lowest BCUT2D eigenvalue weighted by Gasteiger charge is -2.11. The van der Waals surface area contributed by atoms with Crippen molar-refractivity contribution in [3.05, 3.63) is 6.42 Å². The smallest absolute Gasteiger partial charge is 0.379 e. The van der Waals surface area contributed by atoms with E-state index in [1.165, 1.54) is 0 Å². The van der Waals surface area contributed by atoms with E-state index in [4.69, 9.17) is 4.74 Å². The fourth-order valence-corrected chi connectivity index (χ4v) is 1.12. The minimum absolute atomic E-state index is 0.0440. The van der Waals surface area contributed by atoms with Gasteiger partial charge in [0.2, 0.25) is 0 Å². The molecule has 0 rings (SSSR count). The molecule has 0 aliphatic rings. The molecule has 0 heterocycles. The fourth-order valence-electron chi connectivity index (χ4n) is 1.12. The summed E-state index contributed by atoms with van der Waals surface area (Å²) in [5.74, 6) is 0. The highest BCUT2D eigenvalue weighted by atomic mass is 19.4. The number of ether oxygens (including phenoxy) is 1. The van der Waals surface area contributed by atoms with Gasteiger partial charge in [-0.3, -0.25) is 0 Å². The summed E-state index contributed by atoms with van der Waals surface area (Å²) in [5, 5.41) is 0. The summed E-state index contributed by atoms with van der Waals surface area (Å²) in [7, 11) is 0. The summed E-state index contributed by atoms with van der Waals surface area (Å²) in [6, 6.07) is 0. The molecule has 1 atom stereocenters. The van der Waals surface area contributed by atoms with Crippen molar-refractivity contribution >= 4 is 0 Å². The molecular formula is C10H18F3O. The van der Waals surface area contributed by atoms with Crippen LogP contribution < -0.4 is 0 Å². The van der Waals surface area contributed by atoms with Gasteiger partial charge in [0.25, 0.3) is 0 Å². The van der Waals surface area contributed by atoms with Crippen LogP contribution in [0.1, 0.15) is 39.5 Å². The van der Waals surface area contributed by atoms with Crippen molar-refractivity contribution in [3.8, 4) is 0 Å². The molecule has 0 saturated carbocycles. The van der Waals surface area contributed by atoms with Gasteiger partial charge < -0.3 is 4.74 Å². The van der Waals surface area contributed by atoms with E-state index in [2.05, 4.69) is 6.92 Å². The molecule has 0 saturated heterocycles. The zero-order chi connectivity index (χ0) is 11.0. The van der Waals surface area contributed by atoms with Gasteiger partial charge in [0.1, 0.15) is 0 Å². The Morgan fingerprint density at radius 3 is 2.50 bits per heavy atom. The third-order valence-electron chi connectivity index (χ3n) is 1.82. The standard InChI is InChI=1S/C10H18F3O/c1-3-6-9(2)14-8-5-4-7-10(11,12)13/h7,9H,3-6,8H2,1-2H3. The van der Waals surface area contributed by atoms with Crippen molar-refractivity contribution in [1.29, 1.82) is 0 Å². The van der Waals surface area contributed by atoms with E-state index in [-0.39, 0.29) is 12.5 Å². The molecule has 0 aromatic heterocycles. The predicted octanol–water partition coefficient (Wildman–Crippen LogP) is 3.74. The van der Waals surface area contributed by atoms with Crippen LogP contribution in [0.4, 0.5) is 13.2 Å². The van der Waals surface area contributed by atoms with Crippen molar-refractivity contribution in [2.75, 3.05) is 6.61 Å². The van der Waals surface area contributed by atoms with Crippen LogP contribution >= 0.6 is 0 Å². The first-order valence-electron chi connectivity index (χ1n) is 4.98. The second kappa shape index (κ2) is 7.10. The monoisotopic (exact) mass is 211 g/mol. The van der Waals surface area contributed by atoms with Gasteiger partial charge >= 0.3 is 6.18 Å². The quantitative estimate of drug-likeness (QED) is 0.583. The average Bonchev–Trinajstić information content (AvgIpc) is 2.02. The first kappa shape index (κ1) is 13.8. The summed E-state index contributed by atoms with van der Waals surface area (Å²) in [5.41, 5.74) is 0. The molecule has 0 spiro atoms. The van der Waals surface area contributed by atoms with Crippen LogP contribution in [0.5, 0.6) is 0 Å². The van der Waals surface area contributed by atoms with Gasteiger partial charge in [0.05, 0.1) is 12.5 Å². The Hall–Kier alpha value is -0.250. The summed E-state index contributed by atoms with van der Waals surface area (Å²) >= 11 is 0. The molecule has 0 bridgehead atoms. The van der Waals surface area contributed by atoms with E-state index in [9.17, 15) is 13.2 Å². The molecule has 1 radical (unpaired) electrons. The normalized spacial score (nSPS) is 14.4. The maximum atomic E-state index is 11.7. The lowest BCUT2D eigenvalue weighted by Crippen LogP contribution is -2.11. The van der Waals surface area contributed by atoms with Crippen molar-refractivity contribution < 1.29 is 17.9 Å². The third kappa shape index (κ3) is 9.84. The molecule has 0 fully saturated rings. The number of unbranched alkanes of at least 4 members (excludes halogenated alkanes) is 1. The number of alkyl halides is 3. The molecule has 0 aromatic carbocycles. The molecule has 0 aliphatic carbocycles. The highest BCUT2D eigenvalue weighted by Gasteiger charge is 2.26. The second-order valence-corrected chi connectivity index (χ2v) is 3.36. The SMILES string of the molecule is CCCC(C)OCCC[CH]C(F)(F)F. The van der Waals surface area contributed by atoms with E-state index < -0.39 is 6.18 Å². The summed E-state index contributed by atoms with van der Waals surface area (Å²) < 4.78 is 40.3. The van der Waals surface area contributed by atoms with Gasteiger partial charge in [-0.1, -0.05) is 13.3 Å². The van der Waals surface area contributed by atoms with Crippen LogP contribution in [0.3, 0.4) is 0 Å². The van der Waals surface area contributed by atoms with E-state index in [1.807, 2.05) is 6.92 Å². The van der Waals surface area contributed by atoms with E-state index in [0.717, 1.165) is 12.8 Å². The third-order valence-corrected chi connectivity index (χ3v) is 1.82. The van der Waals surface area contributed by atoms with E-state index in [0.29, 0.717) is 19.4 Å². The molecule has 0 aromatic rings. The highest BCUT2D eigenvalue weighted by Crippen LogP contribution is 2.21. The predicted molar refractivity (Wildman–Crippen MR) is 49.9 cm³/mol. The summed E-state index contributed by atoms with van der Waals surface area (Å²) in [6.45, 7) is 4.40. The Morgan fingerprint density at radius 1 is 1.36 bits per heavy atom. The molecule has 0 N–H and O–H groups in total. The van der Waals surface area contributed by atoms with Crippen LogP contribution in [0.25, 0.3) is 0 Å². The molecule has 85 valence electrons. The average molecular weight is 211 g/mol. The Morgan fingerprint density at radius 2 is 2.00 bits per heavy atom. The lowest BCUT2D eigenvalue weighted by molar-refractivity contribution is -0.0989. The minimum Gasteiger partial charge on any atom is -0.379 e. The van der Waals surface area contributed by atoms with Crippen molar-refractivity contribution in [2.45, 2.75) is 51.8 Å². The van der Waals surface area contributed by atoms with Crippen LogP contribution in [0.2, 0.25) is 0 Å². The largest absolute Gasteiger partial charge is 0.392 e. The van der Waals surface area contributed by atoms with Gasteiger partial charge in [-0.05, 0) is 26.2 Å². The van der Waals surface area contributed by atoms with Crippen LogP contribution in [-0.4, -0.2) is 18.9 Å². The van der Waals surface area contributed by atoms with Gasteiger partial charge in [0, 0.05) is 6.61 Å². The van der Waals surface area contributed by atoms with Gasteiger partial charge in [-0.2, -0.15) is 13.2 Å². The van der Waals surface area contributed by atoms with Crippen molar-refractivity contribution in [3.63, 3.8) is 0 Å². The van der Waals surface area contributed by atoms with Gasteiger partial charge in [-0.15, -0.1) is 0 Å². The Balaban J connectivity index is 3.21. The summed E-state index contributed by atoms with van der Waals surface area (Å²) in [4.78, 5) is 0. The van der Waals surface area contributed by atoms with Crippen molar-refractivity contribution in [2.24, 2.45) is 0 Å². The van der Waals surface area contributed by atoms with Gasteiger partial charge in [-0.25, -0.2) is 0 Å². The summed E-state index contributed by atoms with van der Waals surface area (Å²) in [6.07, 6.45) is -1.13. The fraction of sp³-hybridized carbons (Fsp3) is 0.900. The van der Waals surface area contributed by atoms with Crippen molar-refractivity contribution in [1.82, 2.24) is 0 Å². The number of halogens is 3. The van der Waals surface area contributed by atoms with E-state index in [1.54, 1.807) is 0 Å². The zero-order valence-electron chi connectivity index (χ0n) is 8.73. The second-order valence-electron chi connectivity index (χ2n) is 3.36. The number of hydrogen-bond acceptors (Lipinski definition) is 1. The first-order valence-corrected chi connectivity index (χ1v) is 4.98. The first-order chi connectivity index (χ1) is 6.45. The topological polar surface area (TPSA) is 9.23 Å². The Kier molecular flexibility index (Phi) is 6.97. The number of hydrogen-bond donors (Lipinski definition) is 0. The Labute approximate surface area is 83.6 Å². The molecule has 1 nitrogen and oxygen atoms in total. The van der Waals surface area contributed by atoms with E-state index >= 15 is 0 Å². The van der Waals surface area contributed by atoms with Gasteiger partial charge in [0.15, 0.2) is 0 Å². The molecule has 4 heteroatoms. The number of rotatable bonds is 7. The Bertz CT molecular complexity index is 134. The van der Waals surface area contributed by atoms with Crippen LogP contribution in [0, 0.1) is 6.42 Å². The lowest BCUT2D eigenvalue weighted by atomic mass is 10.2. The minimum atomic E-state index is -4.14. The molecule has 0 amide bonds. The molecule has 14 heavy (non-hydrogen) atoms.